The molecule has 0 atom stereocenters. The average molecular weight is 482 g/mol. The quantitative estimate of drug-likeness (QED) is 0.347. The number of benzene rings is 2. The summed E-state index contributed by atoms with van der Waals surface area (Å²) in [6.45, 7) is 4.80. The number of amides is 1. The lowest BCUT2D eigenvalue weighted by Crippen LogP contribution is -2.10. The molecule has 2 aromatic carbocycles. The molecule has 0 spiro atoms. The SMILES string of the molecule is CC=CC(=O)Nc1cc2c(NCl)c(C#N)cnc2cc1OCC.CNC.c1cc2ccc1CO2. The number of hydrogen-bond donors (Lipinski definition) is 3. The molecule has 3 aromatic rings. The Morgan fingerprint density at radius 1 is 1.29 bits per heavy atom. The molecule has 0 fully saturated rings. The molecule has 2 aliphatic heterocycles. The maximum Gasteiger partial charge on any atom is 0.248 e. The van der Waals surface area contributed by atoms with Gasteiger partial charge >= 0.3 is 0 Å². The zero-order valence-electron chi connectivity index (χ0n) is 19.6. The number of carbonyl (C=O) groups excluding carboxylic acids is 1. The number of nitrogens with one attached hydrogen (secondary N) is 3. The number of carbonyl (C=O) groups is 1. The highest BCUT2D eigenvalue weighted by Gasteiger charge is 2.14. The van der Waals surface area contributed by atoms with Crippen molar-refractivity contribution in [2.24, 2.45) is 0 Å². The van der Waals surface area contributed by atoms with Gasteiger partial charge in [-0.3, -0.25) is 14.6 Å². The molecule has 3 heterocycles. The lowest BCUT2D eigenvalue weighted by molar-refractivity contribution is -0.111. The van der Waals surface area contributed by atoms with Crippen LogP contribution in [0.3, 0.4) is 0 Å². The molecule has 2 bridgehead atoms. The van der Waals surface area contributed by atoms with Gasteiger partial charge in [-0.25, -0.2) is 0 Å². The Bertz CT molecular complexity index is 1150. The van der Waals surface area contributed by atoms with Crippen molar-refractivity contribution in [1.82, 2.24) is 10.3 Å². The number of halogens is 1. The first kappa shape index (κ1) is 26.5. The van der Waals surface area contributed by atoms with Crippen LogP contribution in [-0.2, 0) is 11.4 Å². The predicted molar refractivity (Wildman–Crippen MR) is 136 cm³/mol. The highest BCUT2D eigenvalue weighted by atomic mass is 35.5. The second-order valence-electron chi connectivity index (χ2n) is 6.97. The van der Waals surface area contributed by atoms with Gasteiger partial charge in [0, 0.05) is 29.4 Å². The third kappa shape index (κ3) is 7.10. The molecule has 178 valence electrons. The van der Waals surface area contributed by atoms with E-state index >= 15 is 0 Å². The maximum absolute atomic E-state index is 11.8. The molecular weight excluding hydrogens is 454 g/mol. The highest BCUT2D eigenvalue weighted by molar-refractivity contribution is 6.26. The van der Waals surface area contributed by atoms with Gasteiger partial charge in [0.25, 0.3) is 0 Å². The fraction of sp³-hybridized carbons (Fsp3) is 0.240. The normalized spacial score (nSPS) is 10.8. The fourth-order valence-electron chi connectivity index (χ4n) is 2.95. The van der Waals surface area contributed by atoms with Crippen molar-refractivity contribution in [3.63, 3.8) is 0 Å². The first-order chi connectivity index (χ1) is 16.5. The van der Waals surface area contributed by atoms with Crippen LogP contribution >= 0.6 is 11.8 Å². The number of anilines is 2. The Hall–Kier alpha value is -3.80. The summed E-state index contributed by atoms with van der Waals surface area (Å²) in [6, 6.07) is 13.5. The molecule has 3 N–H and O–H groups in total. The largest absolute Gasteiger partial charge is 0.492 e. The number of rotatable bonds is 5. The molecule has 0 saturated heterocycles. The topological polar surface area (TPSA) is 108 Å². The standard InChI is InChI=1S/C16H15ClN4O2.C7H6O.C2H7N/c1-3-5-15(22)20-13-6-11-12(7-14(13)23-4-2)19-9-10(8-18)16(11)21-17;1-3-7-4-2-6(1)5-8-7;1-3-2/h3,5-7,9H,4H2,1-2H3,(H,19,21)(H,20,22);1-4H,5H2;3H,1-2H3. The monoisotopic (exact) mass is 481 g/mol. The van der Waals surface area contributed by atoms with E-state index in [4.69, 9.17) is 26.5 Å². The Balaban J connectivity index is 0.000000302. The minimum atomic E-state index is -0.280. The summed E-state index contributed by atoms with van der Waals surface area (Å²) in [7, 11) is 3.75. The third-order valence-corrected chi connectivity index (χ3v) is 4.58. The number of nitriles is 1. The van der Waals surface area contributed by atoms with E-state index in [2.05, 4.69) is 32.6 Å². The van der Waals surface area contributed by atoms with Crippen molar-refractivity contribution in [1.29, 1.82) is 5.26 Å². The Kier molecular flexibility index (Phi) is 10.6. The van der Waals surface area contributed by atoms with E-state index in [-0.39, 0.29) is 5.91 Å². The van der Waals surface area contributed by atoms with Gasteiger partial charge in [-0.05, 0) is 57.8 Å². The summed E-state index contributed by atoms with van der Waals surface area (Å²) < 4.78 is 10.7. The molecule has 5 rings (SSSR count). The smallest absolute Gasteiger partial charge is 0.248 e. The predicted octanol–water partition coefficient (Wildman–Crippen LogP) is 5.00. The number of fused-ring (bicyclic) bond motifs is 4. The first-order valence-electron chi connectivity index (χ1n) is 10.6. The van der Waals surface area contributed by atoms with Crippen LogP contribution in [0.2, 0.25) is 0 Å². The van der Waals surface area contributed by atoms with Gasteiger partial charge in [0.1, 0.15) is 24.2 Å². The van der Waals surface area contributed by atoms with E-state index in [1.807, 2.05) is 39.2 Å². The molecular formula is C25H28ClN5O3. The summed E-state index contributed by atoms with van der Waals surface area (Å²) in [5.74, 6) is 1.20. The number of pyridine rings is 1. The van der Waals surface area contributed by atoms with Gasteiger partial charge in [-0.15, -0.1) is 0 Å². The van der Waals surface area contributed by atoms with Crippen molar-refractivity contribution >= 4 is 40.0 Å². The van der Waals surface area contributed by atoms with Crippen LogP contribution in [0.1, 0.15) is 25.0 Å². The third-order valence-electron chi connectivity index (χ3n) is 4.39. The van der Waals surface area contributed by atoms with Gasteiger partial charge in [-0.1, -0.05) is 18.2 Å². The first-order valence-corrected chi connectivity index (χ1v) is 11.0. The Labute approximate surface area is 204 Å². The molecule has 0 radical (unpaired) electrons. The number of nitrogens with zero attached hydrogens (tertiary/aromatic N) is 2. The van der Waals surface area contributed by atoms with Crippen LogP contribution < -0.4 is 24.9 Å². The van der Waals surface area contributed by atoms with Crippen LogP contribution in [0.15, 0.2) is 54.7 Å². The average Bonchev–Trinajstić information content (AvgIpc) is 2.86. The second-order valence-corrected chi connectivity index (χ2v) is 7.16. The zero-order valence-corrected chi connectivity index (χ0v) is 20.4. The second kappa shape index (κ2) is 13.7. The van der Waals surface area contributed by atoms with Gasteiger partial charge < -0.3 is 20.1 Å². The summed E-state index contributed by atoms with van der Waals surface area (Å²) in [6.07, 6.45) is 4.48. The minimum Gasteiger partial charge on any atom is -0.492 e. The van der Waals surface area contributed by atoms with Crippen molar-refractivity contribution in [3.05, 3.63) is 65.9 Å². The molecule has 0 aliphatic carbocycles. The van der Waals surface area contributed by atoms with Crippen molar-refractivity contribution < 1.29 is 14.3 Å². The van der Waals surface area contributed by atoms with Gasteiger partial charge in [-0.2, -0.15) is 5.26 Å². The van der Waals surface area contributed by atoms with Crippen LogP contribution in [0.5, 0.6) is 11.5 Å². The summed E-state index contributed by atoms with van der Waals surface area (Å²) in [5, 5.41) is 15.2. The minimum absolute atomic E-state index is 0.280. The van der Waals surface area contributed by atoms with E-state index in [1.54, 1.807) is 25.1 Å². The lowest BCUT2D eigenvalue weighted by atomic mass is 10.1. The highest BCUT2D eigenvalue weighted by Crippen LogP contribution is 2.35. The van der Waals surface area contributed by atoms with E-state index < -0.39 is 0 Å². The van der Waals surface area contributed by atoms with E-state index in [1.165, 1.54) is 17.8 Å². The molecule has 0 saturated carbocycles. The number of hydrogen-bond acceptors (Lipinski definition) is 7. The Morgan fingerprint density at radius 2 is 2.00 bits per heavy atom. The van der Waals surface area contributed by atoms with Crippen LogP contribution in [0.4, 0.5) is 11.4 Å². The molecule has 1 amide bonds. The number of ether oxygens (including phenoxy) is 2. The van der Waals surface area contributed by atoms with Crippen molar-refractivity contribution in [2.75, 3.05) is 30.9 Å². The molecule has 0 unspecified atom stereocenters. The maximum atomic E-state index is 11.8. The molecule has 1 aromatic heterocycles. The van der Waals surface area contributed by atoms with Crippen LogP contribution in [0.25, 0.3) is 10.9 Å². The van der Waals surface area contributed by atoms with Gasteiger partial charge in [0.05, 0.1) is 29.1 Å². The van der Waals surface area contributed by atoms with Gasteiger partial charge in [0.2, 0.25) is 5.91 Å². The molecule has 8 nitrogen and oxygen atoms in total. The van der Waals surface area contributed by atoms with Gasteiger partial charge in [0.15, 0.2) is 0 Å². The number of aromatic nitrogens is 1. The van der Waals surface area contributed by atoms with E-state index in [0.29, 0.717) is 40.2 Å². The summed E-state index contributed by atoms with van der Waals surface area (Å²) in [4.78, 5) is 18.5. The molecule has 2 aliphatic rings. The van der Waals surface area contributed by atoms with Crippen LogP contribution in [-0.4, -0.2) is 31.6 Å². The summed E-state index contributed by atoms with van der Waals surface area (Å²) in [5.41, 5.74) is 3.08. The van der Waals surface area contributed by atoms with Crippen molar-refractivity contribution in [2.45, 2.75) is 20.5 Å². The van der Waals surface area contributed by atoms with Crippen molar-refractivity contribution in [3.8, 4) is 17.6 Å². The lowest BCUT2D eigenvalue weighted by Gasteiger charge is -2.14. The zero-order chi connectivity index (χ0) is 24.9. The van der Waals surface area contributed by atoms with Crippen LogP contribution in [0, 0.1) is 11.3 Å². The Morgan fingerprint density at radius 3 is 2.44 bits per heavy atom. The molecule has 34 heavy (non-hydrogen) atoms. The molecule has 9 heteroatoms. The summed E-state index contributed by atoms with van der Waals surface area (Å²) >= 11 is 5.74. The fourth-order valence-corrected chi connectivity index (χ4v) is 3.16. The van der Waals surface area contributed by atoms with E-state index in [0.717, 1.165) is 12.4 Å². The van der Waals surface area contributed by atoms with E-state index in [9.17, 15) is 4.79 Å². The number of allylic oxidation sites excluding steroid dienone is 1.